The summed E-state index contributed by atoms with van der Waals surface area (Å²) in [5, 5.41) is 0. The molecular formula is C11H13OS+. The maximum atomic E-state index is 11.7. The fraction of sp³-hybridized carbons (Fsp3) is 0.364. The van der Waals surface area contributed by atoms with Gasteiger partial charge in [-0.3, -0.25) is 4.79 Å². The van der Waals surface area contributed by atoms with Crippen LogP contribution in [-0.4, -0.2) is 17.3 Å². The van der Waals surface area contributed by atoms with E-state index in [4.69, 9.17) is 0 Å². The highest BCUT2D eigenvalue weighted by Crippen LogP contribution is 2.21. The Morgan fingerprint density at radius 3 is 2.85 bits per heavy atom. The molecule has 1 aliphatic heterocycles. The Kier molecular flexibility index (Phi) is 2.40. The molecule has 1 nitrogen and oxygen atoms in total. The first kappa shape index (κ1) is 8.82. The van der Waals surface area contributed by atoms with Gasteiger partial charge in [-0.05, 0) is 17.8 Å². The summed E-state index contributed by atoms with van der Waals surface area (Å²) >= 11 is 0. The third kappa shape index (κ3) is 1.63. The molecule has 0 N–H and O–H groups in total. The lowest BCUT2D eigenvalue weighted by Gasteiger charge is -2.15. The molecule has 68 valence electrons. The Morgan fingerprint density at radius 1 is 1.31 bits per heavy atom. The van der Waals surface area contributed by atoms with Gasteiger partial charge in [-0.15, -0.1) is 0 Å². The van der Waals surface area contributed by atoms with Gasteiger partial charge < -0.3 is 0 Å². The van der Waals surface area contributed by atoms with Gasteiger partial charge in [-0.2, -0.15) is 0 Å². The number of hydrogen-bond acceptors (Lipinski definition) is 1. The van der Waals surface area contributed by atoms with Crippen LogP contribution in [0.5, 0.6) is 0 Å². The molecule has 0 aliphatic carbocycles. The average molecular weight is 193 g/mol. The van der Waals surface area contributed by atoms with Crippen LogP contribution < -0.4 is 0 Å². The highest BCUT2D eigenvalue weighted by Gasteiger charge is 2.30. The van der Waals surface area contributed by atoms with Crippen LogP contribution in [0.15, 0.2) is 24.3 Å². The van der Waals surface area contributed by atoms with Crippen LogP contribution in [0, 0.1) is 0 Å². The minimum Gasteiger partial charge on any atom is -0.289 e. The molecule has 2 rings (SSSR count). The molecule has 1 aromatic rings. The maximum Gasteiger partial charge on any atom is 0.212 e. The fourth-order valence-corrected chi connectivity index (χ4v) is 3.38. The van der Waals surface area contributed by atoms with Crippen LogP contribution in [0.3, 0.4) is 0 Å². The van der Waals surface area contributed by atoms with Gasteiger partial charge in [-0.1, -0.05) is 24.3 Å². The lowest BCUT2D eigenvalue weighted by Crippen LogP contribution is -2.26. The number of ketones is 1. The predicted octanol–water partition coefficient (Wildman–Crippen LogP) is 2.02. The van der Waals surface area contributed by atoms with Crippen molar-refractivity contribution in [3.8, 4) is 0 Å². The van der Waals surface area contributed by atoms with Gasteiger partial charge in [0.25, 0.3) is 0 Å². The monoisotopic (exact) mass is 193 g/mol. The first-order valence-corrected chi connectivity index (χ1v) is 6.29. The minimum atomic E-state index is 0.307. The highest BCUT2D eigenvalue weighted by atomic mass is 32.2. The van der Waals surface area contributed by atoms with Crippen molar-refractivity contribution in [2.24, 2.45) is 0 Å². The van der Waals surface area contributed by atoms with Crippen LogP contribution in [0.1, 0.15) is 22.8 Å². The van der Waals surface area contributed by atoms with Crippen LogP contribution >= 0.6 is 0 Å². The number of Topliss-reactive ketones (excluding diaryl/α,β-unsaturated/α-hetero) is 1. The van der Waals surface area contributed by atoms with Crippen molar-refractivity contribution in [2.45, 2.75) is 12.7 Å². The van der Waals surface area contributed by atoms with Crippen molar-refractivity contribution in [3.05, 3.63) is 35.4 Å². The Balaban J connectivity index is 2.37. The number of hydrogen-bond donors (Lipinski definition) is 0. The van der Waals surface area contributed by atoms with Crippen LogP contribution in [0.2, 0.25) is 0 Å². The summed E-state index contributed by atoms with van der Waals surface area (Å²) in [5.41, 5.74) is 2.21. The average Bonchev–Trinajstić information content (AvgIpc) is 2.18. The van der Waals surface area contributed by atoms with E-state index in [0.717, 1.165) is 22.8 Å². The van der Waals surface area contributed by atoms with E-state index >= 15 is 0 Å². The Hall–Kier alpha value is -0.760. The normalized spacial score (nSPS) is 21.3. The first-order chi connectivity index (χ1) is 6.31. The summed E-state index contributed by atoms with van der Waals surface area (Å²) < 4.78 is 0. The summed E-state index contributed by atoms with van der Waals surface area (Å²) in [4.78, 5) is 11.7. The van der Waals surface area contributed by atoms with Gasteiger partial charge in [0.2, 0.25) is 5.78 Å². The van der Waals surface area contributed by atoms with Crippen LogP contribution in [-0.2, 0) is 16.6 Å². The van der Waals surface area contributed by atoms with E-state index in [0.29, 0.717) is 16.7 Å². The van der Waals surface area contributed by atoms with Gasteiger partial charge in [0, 0.05) is 11.1 Å². The quantitative estimate of drug-likeness (QED) is 0.624. The number of carbonyl (C=O) groups is 1. The first-order valence-electron chi connectivity index (χ1n) is 4.56. The zero-order chi connectivity index (χ0) is 9.26. The van der Waals surface area contributed by atoms with E-state index in [2.05, 4.69) is 13.0 Å². The maximum absolute atomic E-state index is 11.7. The number of fused-ring (bicyclic) bond motifs is 1. The SMILES string of the molecule is CC[S+]1CC(=O)c2ccccc2C1. The second-order valence-corrected chi connectivity index (χ2v) is 5.65. The van der Waals surface area contributed by atoms with Gasteiger partial charge in [0.15, 0.2) is 5.75 Å². The molecule has 0 radical (unpaired) electrons. The summed E-state index contributed by atoms with van der Waals surface area (Å²) in [6.45, 7) is 2.17. The third-order valence-electron chi connectivity index (χ3n) is 2.42. The van der Waals surface area contributed by atoms with Gasteiger partial charge in [-0.25, -0.2) is 0 Å². The molecule has 0 amide bonds. The molecule has 0 saturated carbocycles. The van der Waals surface area contributed by atoms with E-state index in [1.54, 1.807) is 0 Å². The zero-order valence-corrected chi connectivity index (χ0v) is 8.56. The predicted molar refractivity (Wildman–Crippen MR) is 57.2 cm³/mol. The smallest absolute Gasteiger partial charge is 0.212 e. The standard InChI is InChI=1S/C11H13OS/c1-2-13-7-9-5-3-4-6-10(9)11(12)8-13/h3-6H,2,7-8H2,1H3/q+1. The summed E-state index contributed by atoms with van der Waals surface area (Å²) in [6, 6.07) is 8.01. The van der Waals surface area contributed by atoms with Gasteiger partial charge in [0.05, 0.1) is 0 Å². The Morgan fingerprint density at radius 2 is 2.08 bits per heavy atom. The molecule has 0 bridgehead atoms. The van der Waals surface area contributed by atoms with Crippen molar-refractivity contribution in [1.82, 2.24) is 0 Å². The molecular weight excluding hydrogens is 180 g/mol. The van der Waals surface area contributed by atoms with E-state index in [1.165, 1.54) is 5.56 Å². The van der Waals surface area contributed by atoms with Crippen molar-refractivity contribution in [3.63, 3.8) is 0 Å². The largest absolute Gasteiger partial charge is 0.289 e. The zero-order valence-electron chi connectivity index (χ0n) is 7.75. The summed E-state index contributed by atoms with van der Waals surface area (Å²) in [6.07, 6.45) is 0. The molecule has 0 spiro atoms. The molecule has 0 saturated heterocycles. The summed E-state index contributed by atoms with van der Waals surface area (Å²) in [7, 11) is 0.307. The molecule has 1 heterocycles. The van der Waals surface area contributed by atoms with E-state index < -0.39 is 0 Å². The molecule has 1 atom stereocenters. The Bertz CT molecular complexity index is 333. The summed E-state index contributed by atoms with van der Waals surface area (Å²) in [5.74, 6) is 3.36. The van der Waals surface area contributed by atoms with Crippen molar-refractivity contribution in [2.75, 3.05) is 11.5 Å². The van der Waals surface area contributed by atoms with E-state index in [-0.39, 0.29) is 0 Å². The Labute approximate surface area is 81.5 Å². The number of rotatable bonds is 1. The molecule has 2 heteroatoms. The van der Waals surface area contributed by atoms with Crippen LogP contribution in [0.25, 0.3) is 0 Å². The lowest BCUT2D eigenvalue weighted by molar-refractivity contribution is 0.102. The highest BCUT2D eigenvalue weighted by molar-refractivity contribution is 7.96. The molecule has 0 aromatic heterocycles. The van der Waals surface area contributed by atoms with Crippen LogP contribution in [0.4, 0.5) is 0 Å². The second-order valence-electron chi connectivity index (χ2n) is 3.27. The molecule has 1 aromatic carbocycles. The van der Waals surface area contributed by atoms with E-state index in [9.17, 15) is 4.79 Å². The topological polar surface area (TPSA) is 17.1 Å². The minimum absolute atomic E-state index is 0.307. The fourth-order valence-electron chi connectivity index (χ4n) is 1.66. The van der Waals surface area contributed by atoms with E-state index in [1.807, 2.05) is 18.2 Å². The molecule has 1 unspecified atom stereocenters. The number of carbonyl (C=O) groups excluding carboxylic acids is 1. The van der Waals surface area contributed by atoms with Gasteiger partial charge in [0.1, 0.15) is 11.5 Å². The van der Waals surface area contributed by atoms with Crippen molar-refractivity contribution in [1.29, 1.82) is 0 Å². The second kappa shape index (κ2) is 3.54. The molecule has 13 heavy (non-hydrogen) atoms. The molecule has 0 fully saturated rings. The third-order valence-corrected chi connectivity index (χ3v) is 4.63. The number of benzene rings is 1. The van der Waals surface area contributed by atoms with Crippen molar-refractivity contribution >= 4 is 16.7 Å². The molecule has 1 aliphatic rings. The van der Waals surface area contributed by atoms with Gasteiger partial charge >= 0.3 is 0 Å². The lowest BCUT2D eigenvalue weighted by atomic mass is 10.1. The van der Waals surface area contributed by atoms with Crippen molar-refractivity contribution < 1.29 is 4.79 Å².